The van der Waals surface area contributed by atoms with Crippen LogP contribution < -0.4 is 15.4 Å². The Hall–Kier alpha value is -1.47. The predicted molar refractivity (Wildman–Crippen MR) is 85.9 cm³/mol. The number of aromatic nitrogens is 2. The molecule has 20 heavy (non-hydrogen) atoms. The lowest BCUT2D eigenvalue weighted by molar-refractivity contribution is 0.319. The smallest absolute Gasteiger partial charge is 0.208 e. The second-order valence-corrected chi connectivity index (χ2v) is 6.66. The van der Waals surface area contributed by atoms with E-state index >= 15 is 0 Å². The monoisotopic (exact) mass is 310 g/mol. The Balaban J connectivity index is 1.65. The molecule has 0 spiro atoms. The molecule has 7 heteroatoms. The first-order valence-corrected chi connectivity index (χ1v) is 8.07. The van der Waals surface area contributed by atoms with E-state index in [1.54, 1.807) is 23.1 Å². The second-order valence-electron chi connectivity index (χ2n) is 4.36. The van der Waals surface area contributed by atoms with E-state index < -0.39 is 0 Å². The molecule has 0 aliphatic heterocycles. The Kier molecular flexibility index (Phi) is 5.49. The van der Waals surface area contributed by atoms with Gasteiger partial charge in [-0.2, -0.15) is 0 Å². The largest absolute Gasteiger partial charge is 0.494 e. The molecule has 0 unspecified atom stereocenters. The van der Waals surface area contributed by atoms with Gasteiger partial charge >= 0.3 is 0 Å². The molecule has 1 heterocycles. The Bertz CT molecular complexity index is 527. The molecular formula is C13H18N4OS2. The van der Waals surface area contributed by atoms with Gasteiger partial charge in [-0.3, -0.25) is 0 Å². The summed E-state index contributed by atoms with van der Waals surface area (Å²) in [6.45, 7) is 0.691. The van der Waals surface area contributed by atoms with Gasteiger partial charge in [-0.1, -0.05) is 23.1 Å². The molecular weight excluding hydrogens is 292 g/mol. The normalized spacial score (nSPS) is 10.5. The van der Waals surface area contributed by atoms with Crippen LogP contribution in [0.3, 0.4) is 0 Å². The van der Waals surface area contributed by atoms with Crippen LogP contribution in [0.1, 0.15) is 6.42 Å². The van der Waals surface area contributed by atoms with Crippen LogP contribution in [0.5, 0.6) is 5.75 Å². The fraction of sp³-hybridized carbons (Fsp3) is 0.385. The van der Waals surface area contributed by atoms with Crippen LogP contribution in [0.25, 0.3) is 0 Å². The first-order chi connectivity index (χ1) is 9.65. The van der Waals surface area contributed by atoms with Crippen molar-refractivity contribution < 1.29 is 4.74 Å². The number of ether oxygens (including phenoxy) is 1. The van der Waals surface area contributed by atoms with Crippen molar-refractivity contribution in [3.63, 3.8) is 0 Å². The lowest BCUT2D eigenvalue weighted by atomic mass is 10.3. The Morgan fingerprint density at radius 1 is 1.25 bits per heavy atom. The molecule has 0 radical (unpaired) electrons. The Labute approximate surface area is 127 Å². The van der Waals surface area contributed by atoms with Crippen molar-refractivity contribution >= 4 is 33.9 Å². The summed E-state index contributed by atoms with van der Waals surface area (Å²) in [7, 11) is 3.94. The van der Waals surface area contributed by atoms with Gasteiger partial charge in [0.1, 0.15) is 5.75 Å². The number of rotatable bonds is 7. The van der Waals surface area contributed by atoms with Crippen molar-refractivity contribution in [2.75, 3.05) is 37.1 Å². The molecule has 0 aliphatic carbocycles. The lowest BCUT2D eigenvalue weighted by Gasteiger charge is -2.05. The van der Waals surface area contributed by atoms with Gasteiger partial charge < -0.3 is 15.4 Å². The van der Waals surface area contributed by atoms with E-state index in [4.69, 9.17) is 10.5 Å². The summed E-state index contributed by atoms with van der Waals surface area (Å²) in [6, 6.07) is 7.45. The van der Waals surface area contributed by atoms with Crippen molar-refractivity contribution in [2.45, 2.75) is 10.8 Å². The standard InChI is InChI=1S/C13H18N4OS2/c1-17(2)12-15-16-13(20-12)19-9-3-8-18-11-6-4-10(14)5-7-11/h4-7H,3,8-9,14H2,1-2H3. The number of hydrogen-bond donors (Lipinski definition) is 1. The van der Waals surface area contributed by atoms with Gasteiger partial charge in [0.25, 0.3) is 0 Å². The summed E-state index contributed by atoms with van der Waals surface area (Å²) < 4.78 is 6.63. The van der Waals surface area contributed by atoms with Gasteiger partial charge in [-0.15, -0.1) is 10.2 Å². The average molecular weight is 310 g/mol. The molecule has 0 amide bonds. The summed E-state index contributed by atoms with van der Waals surface area (Å²) in [5.41, 5.74) is 6.37. The zero-order valence-corrected chi connectivity index (χ0v) is 13.2. The molecule has 2 rings (SSSR count). The Morgan fingerprint density at radius 2 is 2.00 bits per heavy atom. The van der Waals surface area contributed by atoms with E-state index in [0.29, 0.717) is 6.61 Å². The maximum Gasteiger partial charge on any atom is 0.208 e. The molecule has 108 valence electrons. The third-order valence-corrected chi connectivity index (χ3v) is 4.75. The molecule has 5 nitrogen and oxygen atoms in total. The van der Waals surface area contributed by atoms with Crippen LogP contribution >= 0.6 is 23.1 Å². The van der Waals surface area contributed by atoms with Crippen LogP contribution in [-0.2, 0) is 0 Å². The van der Waals surface area contributed by atoms with Crippen LogP contribution in [0.15, 0.2) is 28.6 Å². The summed E-state index contributed by atoms with van der Waals surface area (Å²) >= 11 is 3.32. The summed E-state index contributed by atoms with van der Waals surface area (Å²) in [6.07, 6.45) is 0.964. The van der Waals surface area contributed by atoms with Gasteiger partial charge in [-0.05, 0) is 30.7 Å². The number of nitrogens with zero attached hydrogens (tertiary/aromatic N) is 3. The molecule has 0 saturated carbocycles. The SMILES string of the molecule is CN(C)c1nnc(SCCCOc2ccc(N)cc2)s1. The summed E-state index contributed by atoms with van der Waals surface area (Å²) in [5.74, 6) is 1.83. The minimum absolute atomic E-state index is 0.691. The van der Waals surface area contributed by atoms with Gasteiger partial charge in [-0.25, -0.2) is 0 Å². The number of anilines is 2. The first kappa shape index (κ1) is 14.9. The third kappa shape index (κ3) is 4.57. The maximum absolute atomic E-state index is 5.63. The fourth-order valence-corrected chi connectivity index (χ4v) is 3.16. The van der Waals surface area contributed by atoms with Gasteiger partial charge in [0.15, 0.2) is 4.34 Å². The maximum atomic E-state index is 5.63. The molecule has 1 aromatic heterocycles. The summed E-state index contributed by atoms with van der Waals surface area (Å²) in [5, 5.41) is 9.17. The van der Waals surface area contributed by atoms with Gasteiger partial charge in [0, 0.05) is 25.5 Å². The number of nitrogen functional groups attached to an aromatic ring is 1. The number of hydrogen-bond acceptors (Lipinski definition) is 7. The third-order valence-electron chi connectivity index (χ3n) is 2.44. The zero-order valence-electron chi connectivity index (χ0n) is 11.6. The molecule has 0 fully saturated rings. The van der Waals surface area contributed by atoms with E-state index in [-0.39, 0.29) is 0 Å². The molecule has 0 atom stereocenters. The minimum Gasteiger partial charge on any atom is -0.494 e. The molecule has 0 bridgehead atoms. The molecule has 0 aliphatic rings. The van der Waals surface area contributed by atoms with Crippen LogP contribution in [0.4, 0.5) is 10.8 Å². The van der Waals surface area contributed by atoms with Gasteiger partial charge in [0.05, 0.1) is 6.61 Å². The van der Waals surface area contributed by atoms with E-state index in [9.17, 15) is 0 Å². The van der Waals surface area contributed by atoms with E-state index in [2.05, 4.69) is 10.2 Å². The Morgan fingerprint density at radius 3 is 2.65 bits per heavy atom. The van der Waals surface area contributed by atoms with Gasteiger partial charge in [0.2, 0.25) is 5.13 Å². The molecule has 0 saturated heterocycles. The lowest BCUT2D eigenvalue weighted by Crippen LogP contribution is -2.07. The van der Waals surface area contributed by atoms with Crippen molar-refractivity contribution in [3.05, 3.63) is 24.3 Å². The van der Waals surface area contributed by atoms with Crippen molar-refractivity contribution in [2.24, 2.45) is 0 Å². The predicted octanol–water partition coefficient (Wildman–Crippen LogP) is 2.75. The van der Waals surface area contributed by atoms with Crippen LogP contribution in [0.2, 0.25) is 0 Å². The fourth-order valence-electron chi connectivity index (χ4n) is 1.41. The summed E-state index contributed by atoms with van der Waals surface area (Å²) in [4.78, 5) is 1.96. The van der Waals surface area contributed by atoms with Crippen LogP contribution in [-0.4, -0.2) is 36.7 Å². The first-order valence-electron chi connectivity index (χ1n) is 6.27. The van der Waals surface area contributed by atoms with Crippen LogP contribution in [0, 0.1) is 0 Å². The average Bonchev–Trinajstić information content (AvgIpc) is 2.89. The molecule has 1 aromatic carbocycles. The highest BCUT2D eigenvalue weighted by molar-refractivity contribution is 8.01. The van der Waals surface area contributed by atoms with Crippen molar-refractivity contribution in [3.8, 4) is 5.75 Å². The number of nitrogens with two attached hydrogens (primary N) is 1. The molecule has 2 aromatic rings. The second kappa shape index (κ2) is 7.35. The minimum atomic E-state index is 0.691. The van der Waals surface area contributed by atoms with Crippen molar-refractivity contribution in [1.82, 2.24) is 10.2 Å². The highest BCUT2D eigenvalue weighted by Gasteiger charge is 2.05. The van der Waals surface area contributed by atoms with E-state index in [1.807, 2.05) is 43.3 Å². The molecule has 2 N–H and O–H groups in total. The van der Waals surface area contributed by atoms with Crippen molar-refractivity contribution in [1.29, 1.82) is 0 Å². The number of benzene rings is 1. The number of thioether (sulfide) groups is 1. The topological polar surface area (TPSA) is 64.3 Å². The van der Waals surface area contributed by atoms with E-state index in [0.717, 1.165) is 33.1 Å². The highest BCUT2D eigenvalue weighted by atomic mass is 32.2. The zero-order chi connectivity index (χ0) is 14.4. The highest BCUT2D eigenvalue weighted by Crippen LogP contribution is 2.27. The quantitative estimate of drug-likeness (QED) is 0.482. The van der Waals surface area contributed by atoms with E-state index in [1.165, 1.54) is 0 Å².